The van der Waals surface area contributed by atoms with Gasteiger partial charge in [-0.25, -0.2) is 9.78 Å². The molecule has 5 nitrogen and oxygen atoms in total. The standard InChI is InChI=1S/C14H16N2O3/c1-9-10(6-13(19-9)14(17)18)7-16-8-15-11-4-2-3-5-12(11)16/h6,8H,2-5,7H2,1H3,(H,17,18). The first kappa shape index (κ1) is 12.0. The van der Waals surface area contributed by atoms with E-state index >= 15 is 0 Å². The van der Waals surface area contributed by atoms with Crippen LogP contribution in [-0.4, -0.2) is 20.6 Å². The topological polar surface area (TPSA) is 68.3 Å². The molecule has 100 valence electrons. The number of nitrogens with zero attached hydrogens (tertiary/aromatic N) is 2. The summed E-state index contributed by atoms with van der Waals surface area (Å²) in [6.45, 7) is 2.43. The highest BCUT2D eigenvalue weighted by Gasteiger charge is 2.18. The van der Waals surface area contributed by atoms with E-state index in [0.29, 0.717) is 12.3 Å². The predicted octanol–water partition coefficient (Wildman–Crippen LogP) is 2.41. The molecule has 1 N–H and O–H groups in total. The lowest BCUT2D eigenvalue weighted by atomic mass is 10.0. The van der Waals surface area contributed by atoms with Gasteiger partial charge < -0.3 is 14.1 Å². The molecule has 0 saturated carbocycles. The van der Waals surface area contributed by atoms with E-state index in [0.717, 1.165) is 18.4 Å². The monoisotopic (exact) mass is 260 g/mol. The van der Waals surface area contributed by atoms with Crippen LogP contribution in [0.1, 0.15) is 46.1 Å². The summed E-state index contributed by atoms with van der Waals surface area (Å²) < 4.78 is 7.34. The third-order valence-electron chi connectivity index (χ3n) is 3.68. The van der Waals surface area contributed by atoms with Gasteiger partial charge in [-0.2, -0.15) is 0 Å². The van der Waals surface area contributed by atoms with E-state index in [9.17, 15) is 4.79 Å². The van der Waals surface area contributed by atoms with Crippen molar-refractivity contribution in [1.82, 2.24) is 9.55 Å². The Kier molecular flexibility index (Phi) is 2.89. The lowest BCUT2D eigenvalue weighted by molar-refractivity contribution is 0.0661. The third kappa shape index (κ3) is 2.16. The number of hydrogen-bond acceptors (Lipinski definition) is 3. The Morgan fingerprint density at radius 1 is 1.47 bits per heavy atom. The zero-order chi connectivity index (χ0) is 13.4. The first-order valence-electron chi connectivity index (χ1n) is 6.50. The van der Waals surface area contributed by atoms with Crippen molar-refractivity contribution in [3.63, 3.8) is 0 Å². The minimum Gasteiger partial charge on any atom is -0.475 e. The molecule has 0 saturated heterocycles. The second-order valence-corrected chi connectivity index (χ2v) is 4.97. The van der Waals surface area contributed by atoms with E-state index in [1.54, 1.807) is 13.0 Å². The third-order valence-corrected chi connectivity index (χ3v) is 3.68. The Bertz CT molecular complexity index is 625. The van der Waals surface area contributed by atoms with Crippen molar-refractivity contribution in [2.45, 2.75) is 39.2 Å². The summed E-state index contributed by atoms with van der Waals surface area (Å²) in [7, 11) is 0. The summed E-state index contributed by atoms with van der Waals surface area (Å²) in [6, 6.07) is 1.60. The molecule has 19 heavy (non-hydrogen) atoms. The average molecular weight is 260 g/mol. The summed E-state index contributed by atoms with van der Waals surface area (Å²) in [5.41, 5.74) is 3.37. The van der Waals surface area contributed by atoms with Gasteiger partial charge in [0.05, 0.1) is 18.6 Å². The van der Waals surface area contributed by atoms with Crippen molar-refractivity contribution in [2.24, 2.45) is 0 Å². The molecule has 2 heterocycles. The molecule has 0 aliphatic heterocycles. The minimum atomic E-state index is -1.03. The maximum atomic E-state index is 10.9. The first-order chi connectivity index (χ1) is 9.15. The molecule has 2 aromatic heterocycles. The van der Waals surface area contributed by atoms with Crippen molar-refractivity contribution in [2.75, 3.05) is 0 Å². The number of imidazole rings is 1. The molecule has 3 rings (SSSR count). The SMILES string of the molecule is Cc1oc(C(=O)O)cc1Cn1cnc2c1CCCC2. The minimum absolute atomic E-state index is 0.00137. The van der Waals surface area contributed by atoms with Gasteiger partial charge in [0.1, 0.15) is 5.76 Å². The fourth-order valence-electron chi connectivity index (χ4n) is 2.63. The van der Waals surface area contributed by atoms with Crippen molar-refractivity contribution in [3.05, 3.63) is 40.9 Å². The molecule has 0 aromatic carbocycles. The van der Waals surface area contributed by atoms with Crippen LogP contribution < -0.4 is 0 Å². The van der Waals surface area contributed by atoms with Gasteiger partial charge in [0.2, 0.25) is 5.76 Å². The molecular weight excluding hydrogens is 244 g/mol. The molecule has 0 atom stereocenters. The molecule has 1 aliphatic rings. The van der Waals surface area contributed by atoms with Gasteiger partial charge in [0.15, 0.2) is 0 Å². The fourth-order valence-corrected chi connectivity index (χ4v) is 2.63. The second-order valence-electron chi connectivity index (χ2n) is 4.97. The maximum absolute atomic E-state index is 10.9. The molecule has 0 unspecified atom stereocenters. The van der Waals surface area contributed by atoms with Crippen LogP contribution in [-0.2, 0) is 19.4 Å². The van der Waals surface area contributed by atoms with Crippen molar-refractivity contribution >= 4 is 5.97 Å². The lowest BCUT2D eigenvalue weighted by Crippen LogP contribution is -2.09. The zero-order valence-corrected chi connectivity index (χ0v) is 10.8. The van der Waals surface area contributed by atoms with Gasteiger partial charge in [-0.1, -0.05) is 0 Å². The van der Waals surface area contributed by atoms with Crippen LogP contribution in [0.15, 0.2) is 16.8 Å². The van der Waals surface area contributed by atoms with Gasteiger partial charge in [0.25, 0.3) is 0 Å². The van der Waals surface area contributed by atoms with Crippen molar-refractivity contribution in [3.8, 4) is 0 Å². The van der Waals surface area contributed by atoms with Crippen LogP contribution >= 0.6 is 0 Å². The number of aromatic nitrogens is 2. The Hall–Kier alpha value is -2.04. The normalized spacial score (nSPS) is 14.4. The quantitative estimate of drug-likeness (QED) is 0.920. The van der Waals surface area contributed by atoms with E-state index in [4.69, 9.17) is 9.52 Å². The predicted molar refractivity (Wildman–Crippen MR) is 68.4 cm³/mol. The van der Waals surface area contributed by atoms with E-state index in [-0.39, 0.29) is 5.76 Å². The molecule has 0 spiro atoms. The first-order valence-corrected chi connectivity index (χ1v) is 6.50. The number of aromatic carboxylic acids is 1. The van der Waals surface area contributed by atoms with Crippen LogP contribution in [0.3, 0.4) is 0 Å². The van der Waals surface area contributed by atoms with E-state index in [2.05, 4.69) is 9.55 Å². The zero-order valence-electron chi connectivity index (χ0n) is 10.8. The van der Waals surface area contributed by atoms with Crippen molar-refractivity contribution in [1.29, 1.82) is 0 Å². The highest BCUT2D eigenvalue weighted by molar-refractivity contribution is 5.84. The Morgan fingerprint density at radius 2 is 2.26 bits per heavy atom. The summed E-state index contributed by atoms with van der Waals surface area (Å²) in [4.78, 5) is 15.3. The number of aryl methyl sites for hydroxylation is 2. The summed E-state index contributed by atoms with van der Waals surface area (Å²) >= 11 is 0. The van der Waals surface area contributed by atoms with Crippen LogP contribution in [0.25, 0.3) is 0 Å². The van der Waals surface area contributed by atoms with Gasteiger partial charge in [-0.05, 0) is 38.7 Å². The van der Waals surface area contributed by atoms with Crippen LogP contribution in [0.5, 0.6) is 0 Å². The van der Waals surface area contributed by atoms with E-state index in [1.807, 2.05) is 6.33 Å². The number of fused-ring (bicyclic) bond motifs is 1. The molecule has 5 heteroatoms. The van der Waals surface area contributed by atoms with Gasteiger partial charge in [-0.15, -0.1) is 0 Å². The molecule has 1 aliphatic carbocycles. The van der Waals surface area contributed by atoms with E-state index < -0.39 is 5.97 Å². The van der Waals surface area contributed by atoms with Crippen LogP contribution in [0.4, 0.5) is 0 Å². The summed E-state index contributed by atoms with van der Waals surface area (Å²) in [5, 5.41) is 8.93. The van der Waals surface area contributed by atoms with Crippen LogP contribution in [0, 0.1) is 6.92 Å². The largest absolute Gasteiger partial charge is 0.475 e. The molecule has 0 radical (unpaired) electrons. The summed E-state index contributed by atoms with van der Waals surface area (Å²) in [6.07, 6.45) is 6.36. The highest BCUT2D eigenvalue weighted by Crippen LogP contribution is 2.22. The molecular formula is C14H16N2O3. The fraction of sp³-hybridized carbons (Fsp3) is 0.429. The molecule has 0 bridgehead atoms. The number of hydrogen-bond donors (Lipinski definition) is 1. The van der Waals surface area contributed by atoms with Gasteiger partial charge in [0, 0.05) is 11.3 Å². The molecule has 2 aromatic rings. The highest BCUT2D eigenvalue weighted by atomic mass is 16.4. The van der Waals surface area contributed by atoms with E-state index in [1.165, 1.54) is 24.2 Å². The number of carbonyl (C=O) groups is 1. The molecule has 0 amide bonds. The Balaban J connectivity index is 1.89. The number of rotatable bonds is 3. The lowest BCUT2D eigenvalue weighted by Gasteiger charge is -2.13. The Morgan fingerprint density at radius 3 is 3.00 bits per heavy atom. The Labute approximate surface area is 110 Å². The van der Waals surface area contributed by atoms with Crippen molar-refractivity contribution < 1.29 is 14.3 Å². The maximum Gasteiger partial charge on any atom is 0.371 e. The second kappa shape index (κ2) is 4.57. The smallest absolute Gasteiger partial charge is 0.371 e. The average Bonchev–Trinajstić information content (AvgIpc) is 2.96. The number of furan rings is 1. The van der Waals surface area contributed by atoms with Gasteiger partial charge >= 0.3 is 5.97 Å². The number of carboxylic acid groups (broad SMARTS) is 1. The summed E-state index contributed by atoms with van der Waals surface area (Å²) in [5.74, 6) is -0.362. The number of carboxylic acids is 1. The van der Waals surface area contributed by atoms with Gasteiger partial charge in [-0.3, -0.25) is 0 Å². The van der Waals surface area contributed by atoms with Crippen LogP contribution in [0.2, 0.25) is 0 Å². The molecule has 0 fully saturated rings.